The molecule has 0 spiro atoms. The number of nitrogens with one attached hydrogen (secondary N) is 1. The lowest BCUT2D eigenvalue weighted by Gasteiger charge is -2.21. The van der Waals surface area contributed by atoms with Crippen LogP contribution in [0.25, 0.3) is 11.3 Å². The summed E-state index contributed by atoms with van der Waals surface area (Å²) in [5.74, 6) is 1.22. The lowest BCUT2D eigenvalue weighted by molar-refractivity contribution is 0.102. The number of aryl methyl sites for hydroxylation is 2. The number of ether oxygens (including phenoxy) is 3. The van der Waals surface area contributed by atoms with Crippen LogP contribution >= 0.6 is 11.3 Å². The summed E-state index contributed by atoms with van der Waals surface area (Å²) < 4.78 is 16.5. The highest BCUT2D eigenvalue weighted by Gasteiger charge is 2.21. The third-order valence-electron chi connectivity index (χ3n) is 4.47. The number of rotatable bonds is 4. The SMILES string of the molecule is COc1cc(C(=O)Nc2nc(-c3ccc(C)cc3C)cs2)cc2c1OCCO2. The predicted molar refractivity (Wildman–Crippen MR) is 109 cm³/mol. The maximum absolute atomic E-state index is 12.7. The van der Waals surface area contributed by atoms with E-state index in [1.54, 1.807) is 12.1 Å². The van der Waals surface area contributed by atoms with E-state index < -0.39 is 0 Å². The van der Waals surface area contributed by atoms with Crippen LogP contribution in [0, 0.1) is 13.8 Å². The minimum Gasteiger partial charge on any atom is -0.493 e. The van der Waals surface area contributed by atoms with Crippen LogP contribution in [0.4, 0.5) is 5.13 Å². The van der Waals surface area contributed by atoms with Crippen molar-refractivity contribution in [3.8, 4) is 28.5 Å². The van der Waals surface area contributed by atoms with Gasteiger partial charge in [0.25, 0.3) is 5.91 Å². The van der Waals surface area contributed by atoms with E-state index in [0.29, 0.717) is 41.2 Å². The number of anilines is 1. The zero-order chi connectivity index (χ0) is 19.7. The molecule has 7 heteroatoms. The van der Waals surface area contributed by atoms with Crippen molar-refractivity contribution < 1.29 is 19.0 Å². The number of nitrogens with zero attached hydrogens (tertiary/aromatic N) is 1. The lowest BCUT2D eigenvalue weighted by Crippen LogP contribution is -2.18. The van der Waals surface area contributed by atoms with E-state index in [1.165, 1.54) is 24.0 Å². The molecule has 0 saturated carbocycles. The summed E-state index contributed by atoms with van der Waals surface area (Å²) in [5.41, 5.74) is 4.68. The standard InChI is InChI=1S/C21H20N2O4S/c1-12-4-5-15(13(2)8-12)16-11-28-21(22-16)23-20(24)14-9-17(25-3)19-18(10-14)26-6-7-27-19/h4-5,8-11H,6-7H2,1-3H3,(H,22,23,24). The van der Waals surface area contributed by atoms with Gasteiger partial charge in [-0.25, -0.2) is 4.98 Å². The third kappa shape index (κ3) is 3.53. The van der Waals surface area contributed by atoms with Gasteiger partial charge >= 0.3 is 0 Å². The molecule has 0 saturated heterocycles. The van der Waals surface area contributed by atoms with Crippen molar-refractivity contribution in [3.63, 3.8) is 0 Å². The Labute approximate surface area is 167 Å². The Morgan fingerprint density at radius 3 is 2.79 bits per heavy atom. The molecule has 0 atom stereocenters. The van der Waals surface area contributed by atoms with E-state index in [9.17, 15) is 4.79 Å². The Bertz CT molecular complexity index is 1030. The normalized spacial score (nSPS) is 12.5. The van der Waals surface area contributed by atoms with Gasteiger partial charge < -0.3 is 14.2 Å². The topological polar surface area (TPSA) is 69.7 Å². The zero-order valence-electron chi connectivity index (χ0n) is 15.9. The summed E-state index contributed by atoms with van der Waals surface area (Å²) in [4.78, 5) is 17.3. The molecule has 144 valence electrons. The van der Waals surface area contributed by atoms with E-state index in [1.807, 2.05) is 5.38 Å². The molecule has 1 N–H and O–H groups in total. The van der Waals surface area contributed by atoms with Crippen LogP contribution in [0.15, 0.2) is 35.7 Å². The van der Waals surface area contributed by atoms with Crippen molar-refractivity contribution in [2.24, 2.45) is 0 Å². The quantitative estimate of drug-likeness (QED) is 0.705. The molecule has 1 aliphatic heterocycles. The molecule has 2 heterocycles. The molecule has 4 rings (SSSR count). The van der Waals surface area contributed by atoms with Crippen molar-refractivity contribution in [1.82, 2.24) is 4.98 Å². The van der Waals surface area contributed by atoms with Crippen molar-refractivity contribution in [3.05, 3.63) is 52.4 Å². The van der Waals surface area contributed by atoms with Gasteiger partial charge in [0.1, 0.15) is 13.2 Å². The first-order chi connectivity index (χ1) is 13.5. The molecule has 3 aromatic rings. The number of aromatic nitrogens is 1. The second-order valence-electron chi connectivity index (χ2n) is 6.51. The van der Waals surface area contributed by atoms with Gasteiger partial charge in [0.2, 0.25) is 5.75 Å². The molecule has 0 fully saturated rings. The summed E-state index contributed by atoms with van der Waals surface area (Å²) in [6.45, 7) is 5.01. The highest BCUT2D eigenvalue weighted by molar-refractivity contribution is 7.14. The number of carbonyl (C=O) groups excluding carboxylic acids is 1. The summed E-state index contributed by atoms with van der Waals surface area (Å²) >= 11 is 1.39. The number of hydrogen-bond donors (Lipinski definition) is 1. The predicted octanol–water partition coefficient (Wildman–Crippen LogP) is 4.46. The first kappa shape index (κ1) is 18.3. The number of hydrogen-bond acceptors (Lipinski definition) is 6. The summed E-state index contributed by atoms with van der Waals surface area (Å²) in [5, 5.41) is 5.33. The van der Waals surface area contributed by atoms with Gasteiger partial charge in [0, 0.05) is 16.5 Å². The molecule has 1 amide bonds. The highest BCUT2D eigenvalue weighted by Crippen LogP contribution is 2.40. The second-order valence-corrected chi connectivity index (χ2v) is 7.37. The fraction of sp³-hybridized carbons (Fsp3) is 0.238. The summed E-state index contributed by atoms with van der Waals surface area (Å²) in [6.07, 6.45) is 0. The van der Waals surface area contributed by atoms with Crippen LogP contribution in [-0.2, 0) is 0 Å². The number of thiazole rings is 1. The fourth-order valence-corrected chi connectivity index (χ4v) is 3.83. The molecule has 28 heavy (non-hydrogen) atoms. The third-order valence-corrected chi connectivity index (χ3v) is 5.23. The molecule has 1 aliphatic rings. The molecular weight excluding hydrogens is 376 g/mol. The number of amides is 1. The molecule has 0 unspecified atom stereocenters. The average molecular weight is 396 g/mol. The van der Waals surface area contributed by atoms with Crippen molar-refractivity contribution in [2.45, 2.75) is 13.8 Å². The zero-order valence-corrected chi connectivity index (χ0v) is 16.7. The van der Waals surface area contributed by atoms with Crippen molar-refractivity contribution in [2.75, 3.05) is 25.6 Å². The van der Waals surface area contributed by atoms with E-state index in [-0.39, 0.29) is 5.91 Å². The van der Waals surface area contributed by atoms with Crippen LogP contribution in [0.3, 0.4) is 0 Å². The van der Waals surface area contributed by atoms with E-state index >= 15 is 0 Å². The van der Waals surface area contributed by atoms with Gasteiger partial charge in [-0.1, -0.05) is 23.8 Å². The molecule has 2 aromatic carbocycles. The summed E-state index contributed by atoms with van der Waals surface area (Å²) in [6, 6.07) is 9.53. The fourth-order valence-electron chi connectivity index (χ4n) is 3.13. The molecule has 0 aliphatic carbocycles. The second kappa shape index (κ2) is 7.52. The number of methoxy groups -OCH3 is 1. The smallest absolute Gasteiger partial charge is 0.257 e. The first-order valence-corrected chi connectivity index (χ1v) is 9.75. The van der Waals surface area contributed by atoms with Crippen molar-refractivity contribution in [1.29, 1.82) is 0 Å². The molecule has 0 radical (unpaired) electrons. The summed E-state index contributed by atoms with van der Waals surface area (Å²) in [7, 11) is 1.53. The molecular formula is C21H20N2O4S. The Kier molecular flexibility index (Phi) is 4.92. The Morgan fingerprint density at radius 1 is 1.18 bits per heavy atom. The number of benzene rings is 2. The lowest BCUT2D eigenvalue weighted by atomic mass is 10.0. The maximum Gasteiger partial charge on any atom is 0.257 e. The molecule has 6 nitrogen and oxygen atoms in total. The Morgan fingerprint density at radius 2 is 2.00 bits per heavy atom. The van der Waals surface area contributed by atoms with Crippen LogP contribution in [-0.4, -0.2) is 31.2 Å². The van der Waals surface area contributed by atoms with Gasteiger partial charge in [-0.2, -0.15) is 0 Å². The van der Waals surface area contributed by atoms with Crippen molar-refractivity contribution >= 4 is 22.4 Å². The Hall–Kier alpha value is -3.06. The van der Waals surface area contributed by atoms with Gasteiger partial charge in [-0.3, -0.25) is 10.1 Å². The van der Waals surface area contributed by atoms with E-state index in [2.05, 4.69) is 42.3 Å². The monoisotopic (exact) mass is 396 g/mol. The molecule has 0 bridgehead atoms. The molecule has 1 aromatic heterocycles. The van der Waals surface area contributed by atoms with Crippen LogP contribution in [0.1, 0.15) is 21.5 Å². The number of fused-ring (bicyclic) bond motifs is 1. The van der Waals surface area contributed by atoms with Gasteiger partial charge in [0.15, 0.2) is 16.6 Å². The first-order valence-electron chi connectivity index (χ1n) is 8.87. The minimum absolute atomic E-state index is 0.281. The van der Waals surface area contributed by atoms with Crippen LogP contribution in [0.2, 0.25) is 0 Å². The minimum atomic E-state index is -0.281. The largest absolute Gasteiger partial charge is 0.493 e. The highest BCUT2D eigenvalue weighted by atomic mass is 32.1. The van der Waals surface area contributed by atoms with Gasteiger partial charge in [0.05, 0.1) is 12.8 Å². The maximum atomic E-state index is 12.7. The van der Waals surface area contributed by atoms with Gasteiger partial charge in [-0.15, -0.1) is 11.3 Å². The van der Waals surface area contributed by atoms with E-state index in [0.717, 1.165) is 16.8 Å². The van der Waals surface area contributed by atoms with Crippen LogP contribution in [0.5, 0.6) is 17.2 Å². The van der Waals surface area contributed by atoms with Gasteiger partial charge in [-0.05, 0) is 31.5 Å². The average Bonchev–Trinajstić information content (AvgIpc) is 3.15. The van der Waals surface area contributed by atoms with E-state index in [4.69, 9.17) is 14.2 Å². The number of carbonyl (C=O) groups is 1. The Balaban J connectivity index is 1.57. The van der Waals surface area contributed by atoms with Crippen LogP contribution < -0.4 is 19.5 Å².